The summed E-state index contributed by atoms with van der Waals surface area (Å²) in [6.07, 6.45) is 5.14. The highest BCUT2D eigenvalue weighted by atomic mass is 19.2. The maximum absolute atomic E-state index is 13.5. The van der Waals surface area contributed by atoms with E-state index >= 15 is 0 Å². The van der Waals surface area contributed by atoms with Crippen molar-refractivity contribution in [2.45, 2.75) is 26.2 Å². The lowest BCUT2D eigenvalue weighted by Crippen LogP contribution is -1.97. The number of nitrogens with zero attached hydrogens (tertiary/aromatic N) is 1. The number of fused-ring (bicyclic) bond motifs is 1. The van der Waals surface area contributed by atoms with E-state index in [0.717, 1.165) is 34.6 Å². The number of unbranched alkanes of at least 4 members (excludes halogenated alkanes) is 2. The highest BCUT2D eigenvalue weighted by Crippen LogP contribution is 2.21. The Kier molecular flexibility index (Phi) is 6.77. The zero-order chi connectivity index (χ0) is 22.3. The molecule has 0 aliphatic carbocycles. The Labute approximate surface area is 186 Å². The van der Waals surface area contributed by atoms with E-state index in [9.17, 15) is 8.78 Å². The fourth-order valence-corrected chi connectivity index (χ4v) is 3.37. The number of ether oxygens (including phenoxy) is 1. The van der Waals surface area contributed by atoms with E-state index in [1.807, 2.05) is 36.4 Å². The molecule has 0 saturated heterocycles. The van der Waals surface area contributed by atoms with Crippen molar-refractivity contribution < 1.29 is 13.5 Å². The molecule has 0 aliphatic heterocycles. The van der Waals surface area contributed by atoms with Gasteiger partial charge in [-0.25, -0.2) is 8.78 Å². The Morgan fingerprint density at radius 3 is 2.22 bits per heavy atom. The topological polar surface area (TPSA) is 22.1 Å². The first kappa shape index (κ1) is 21.5. The number of rotatable bonds is 6. The summed E-state index contributed by atoms with van der Waals surface area (Å²) < 4.78 is 32.6. The third-order valence-electron chi connectivity index (χ3n) is 5.16. The molecular weight excluding hydrogens is 404 g/mol. The quantitative estimate of drug-likeness (QED) is 0.241. The summed E-state index contributed by atoms with van der Waals surface area (Å²) in [7, 11) is 0. The van der Waals surface area contributed by atoms with E-state index in [1.54, 1.807) is 24.4 Å². The van der Waals surface area contributed by atoms with Gasteiger partial charge in [0.15, 0.2) is 11.6 Å². The Morgan fingerprint density at radius 2 is 1.50 bits per heavy atom. The molecule has 1 heterocycles. The number of hydrogen-bond donors (Lipinski definition) is 0. The predicted molar refractivity (Wildman–Crippen MR) is 125 cm³/mol. The zero-order valence-corrected chi connectivity index (χ0v) is 17.9. The Morgan fingerprint density at radius 1 is 0.781 bits per heavy atom. The first-order valence-corrected chi connectivity index (χ1v) is 10.7. The molecule has 4 heteroatoms. The van der Waals surface area contributed by atoms with Crippen LogP contribution in [0.25, 0.3) is 22.0 Å². The van der Waals surface area contributed by atoms with E-state index in [2.05, 4.69) is 23.7 Å². The first-order valence-electron chi connectivity index (χ1n) is 10.7. The molecule has 3 aromatic carbocycles. The van der Waals surface area contributed by atoms with Crippen molar-refractivity contribution in [1.82, 2.24) is 4.98 Å². The number of benzene rings is 3. The molecule has 4 rings (SSSR count). The van der Waals surface area contributed by atoms with E-state index in [4.69, 9.17) is 4.74 Å². The highest BCUT2D eigenvalue weighted by molar-refractivity contribution is 5.84. The van der Waals surface area contributed by atoms with Gasteiger partial charge in [0.2, 0.25) is 0 Å². The molecule has 32 heavy (non-hydrogen) atoms. The van der Waals surface area contributed by atoms with Gasteiger partial charge in [-0.1, -0.05) is 49.8 Å². The van der Waals surface area contributed by atoms with Crippen molar-refractivity contribution in [3.05, 3.63) is 95.7 Å². The van der Waals surface area contributed by atoms with Crippen LogP contribution in [0.5, 0.6) is 5.75 Å². The van der Waals surface area contributed by atoms with Crippen LogP contribution in [-0.4, -0.2) is 11.6 Å². The minimum atomic E-state index is -0.858. The second-order valence-electron chi connectivity index (χ2n) is 7.59. The normalized spacial score (nSPS) is 10.6. The van der Waals surface area contributed by atoms with Gasteiger partial charge in [-0.15, -0.1) is 0 Å². The summed E-state index contributed by atoms with van der Waals surface area (Å²) in [6.45, 7) is 2.88. The molecule has 0 atom stereocenters. The minimum Gasteiger partial charge on any atom is -0.492 e. The highest BCUT2D eigenvalue weighted by Gasteiger charge is 2.04. The summed E-state index contributed by atoms with van der Waals surface area (Å²) in [5.41, 5.74) is 3.46. The largest absolute Gasteiger partial charge is 0.492 e. The molecule has 0 amide bonds. The van der Waals surface area contributed by atoms with Gasteiger partial charge < -0.3 is 4.74 Å². The van der Waals surface area contributed by atoms with Crippen LogP contribution in [0.15, 0.2) is 72.9 Å². The van der Waals surface area contributed by atoms with Crippen molar-refractivity contribution >= 4 is 10.8 Å². The molecule has 0 aliphatic rings. The van der Waals surface area contributed by atoms with Crippen molar-refractivity contribution in [2.24, 2.45) is 0 Å². The van der Waals surface area contributed by atoms with Crippen LogP contribution in [0.1, 0.15) is 37.3 Å². The lowest BCUT2D eigenvalue weighted by Gasteiger charge is -2.06. The first-order chi connectivity index (χ1) is 15.6. The number of hydrogen-bond acceptors (Lipinski definition) is 2. The second kappa shape index (κ2) is 10.1. The van der Waals surface area contributed by atoms with E-state index in [0.29, 0.717) is 17.4 Å². The maximum Gasteiger partial charge on any atom is 0.159 e. The van der Waals surface area contributed by atoms with Crippen LogP contribution in [0, 0.1) is 23.5 Å². The van der Waals surface area contributed by atoms with Gasteiger partial charge in [0, 0.05) is 16.7 Å². The third kappa shape index (κ3) is 5.31. The molecule has 4 aromatic rings. The molecule has 0 radical (unpaired) electrons. The fraction of sp³-hybridized carbons (Fsp3) is 0.179. The molecule has 0 N–H and O–H groups in total. The van der Waals surface area contributed by atoms with E-state index in [-0.39, 0.29) is 0 Å². The number of pyridine rings is 1. The van der Waals surface area contributed by atoms with Gasteiger partial charge in [0.05, 0.1) is 18.5 Å². The standard InChI is InChI=1S/C28H23F2NO/c1-2-3-4-15-32-25-13-14-28(31-19-25)22-10-7-20(8-11-22)5-6-21-9-12-23-17-26(29)27(30)18-24(23)16-21/h7-14,16-19H,2-4,15H2,1H3. The lowest BCUT2D eigenvalue weighted by atomic mass is 10.1. The molecule has 0 saturated carbocycles. The molecular formula is C28H23F2NO. The molecule has 0 unspecified atom stereocenters. The van der Waals surface area contributed by atoms with Gasteiger partial charge in [-0.2, -0.15) is 0 Å². The van der Waals surface area contributed by atoms with Crippen molar-refractivity contribution in [2.75, 3.05) is 6.61 Å². The number of halogens is 2. The molecule has 1 aromatic heterocycles. The lowest BCUT2D eigenvalue weighted by molar-refractivity contribution is 0.305. The zero-order valence-electron chi connectivity index (χ0n) is 17.9. The van der Waals surface area contributed by atoms with E-state index < -0.39 is 11.6 Å². The Balaban J connectivity index is 1.44. The summed E-state index contributed by atoms with van der Waals surface area (Å²) in [4.78, 5) is 4.49. The summed E-state index contributed by atoms with van der Waals surface area (Å²) in [5.74, 6) is 5.28. The van der Waals surface area contributed by atoms with Crippen LogP contribution in [0.2, 0.25) is 0 Å². The van der Waals surface area contributed by atoms with Crippen LogP contribution < -0.4 is 4.74 Å². The third-order valence-corrected chi connectivity index (χ3v) is 5.16. The van der Waals surface area contributed by atoms with Crippen LogP contribution >= 0.6 is 0 Å². The van der Waals surface area contributed by atoms with Crippen LogP contribution in [0.3, 0.4) is 0 Å². The predicted octanol–water partition coefficient (Wildman–Crippen LogP) is 7.15. The smallest absolute Gasteiger partial charge is 0.159 e. The van der Waals surface area contributed by atoms with Crippen molar-refractivity contribution in [3.8, 4) is 28.8 Å². The van der Waals surface area contributed by atoms with Gasteiger partial charge in [0.1, 0.15) is 5.75 Å². The second-order valence-corrected chi connectivity index (χ2v) is 7.59. The van der Waals surface area contributed by atoms with Gasteiger partial charge in [-0.05, 0) is 65.7 Å². The van der Waals surface area contributed by atoms with Gasteiger partial charge in [-0.3, -0.25) is 4.98 Å². The minimum absolute atomic E-state index is 0.620. The monoisotopic (exact) mass is 427 g/mol. The van der Waals surface area contributed by atoms with Crippen LogP contribution in [-0.2, 0) is 0 Å². The fourth-order valence-electron chi connectivity index (χ4n) is 3.37. The van der Waals surface area contributed by atoms with Gasteiger partial charge in [0.25, 0.3) is 0 Å². The molecule has 0 fully saturated rings. The Hall–Kier alpha value is -3.71. The Bertz CT molecular complexity index is 1270. The number of aromatic nitrogens is 1. The van der Waals surface area contributed by atoms with Crippen molar-refractivity contribution in [3.63, 3.8) is 0 Å². The molecule has 160 valence electrons. The van der Waals surface area contributed by atoms with Crippen LogP contribution in [0.4, 0.5) is 8.78 Å². The average Bonchev–Trinajstić information content (AvgIpc) is 2.82. The SMILES string of the molecule is CCCCCOc1ccc(-c2ccc(C#Cc3ccc4cc(F)c(F)cc4c3)cc2)nc1. The summed E-state index contributed by atoms with van der Waals surface area (Å²) in [5, 5.41) is 1.26. The van der Waals surface area contributed by atoms with Gasteiger partial charge >= 0.3 is 0 Å². The average molecular weight is 427 g/mol. The molecule has 0 bridgehead atoms. The maximum atomic E-state index is 13.5. The molecule has 2 nitrogen and oxygen atoms in total. The molecule has 0 spiro atoms. The summed E-state index contributed by atoms with van der Waals surface area (Å²) in [6, 6.07) is 19.4. The van der Waals surface area contributed by atoms with Crippen molar-refractivity contribution in [1.29, 1.82) is 0 Å². The van der Waals surface area contributed by atoms with E-state index in [1.165, 1.54) is 25.0 Å². The summed E-state index contributed by atoms with van der Waals surface area (Å²) >= 11 is 0.